The fourth-order valence-corrected chi connectivity index (χ4v) is 2.81. The lowest BCUT2D eigenvalue weighted by Crippen LogP contribution is -2.52. The van der Waals surface area contributed by atoms with E-state index in [-0.39, 0.29) is 6.04 Å². The summed E-state index contributed by atoms with van der Waals surface area (Å²) < 4.78 is 5.61. The molecule has 2 N–H and O–H groups in total. The summed E-state index contributed by atoms with van der Waals surface area (Å²) in [4.78, 5) is 13.7. The average Bonchev–Trinajstić information content (AvgIpc) is 2.80. The van der Waals surface area contributed by atoms with E-state index in [0.717, 1.165) is 39.0 Å². The third kappa shape index (κ3) is 5.77. The van der Waals surface area contributed by atoms with Crippen LogP contribution in [0.2, 0.25) is 0 Å². The lowest BCUT2D eigenvalue weighted by Gasteiger charge is -2.29. The maximum absolute atomic E-state index is 11.4. The standard InChI is InChI=1S/C15H30N2O3/c1-12(2)16-15(3,14(18)19)8-6-9-17(4)11-13-7-5-10-20-13/h12-13,16H,5-11H2,1-4H3,(H,18,19). The summed E-state index contributed by atoms with van der Waals surface area (Å²) in [6, 6.07) is 0.167. The van der Waals surface area contributed by atoms with Gasteiger partial charge in [0.05, 0.1) is 6.10 Å². The van der Waals surface area contributed by atoms with Crippen molar-refractivity contribution in [3.8, 4) is 0 Å². The molecule has 118 valence electrons. The lowest BCUT2D eigenvalue weighted by molar-refractivity contribution is -0.144. The van der Waals surface area contributed by atoms with Crippen LogP contribution in [0.15, 0.2) is 0 Å². The molecule has 0 aromatic heterocycles. The highest BCUT2D eigenvalue weighted by atomic mass is 16.5. The van der Waals surface area contributed by atoms with Crippen LogP contribution in [0.1, 0.15) is 46.5 Å². The van der Waals surface area contributed by atoms with Gasteiger partial charge in [-0.25, -0.2) is 0 Å². The molecular formula is C15H30N2O3. The van der Waals surface area contributed by atoms with Crippen molar-refractivity contribution >= 4 is 5.97 Å². The van der Waals surface area contributed by atoms with Crippen LogP contribution in [0, 0.1) is 0 Å². The number of nitrogens with one attached hydrogen (secondary N) is 1. The van der Waals surface area contributed by atoms with Crippen LogP contribution in [0.3, 0.4) is 0 Å². The Labute approximate surface area is 122 Å². The molecule has 5 nitrogen and oxygen atoms in total. The molecule has 5 heteroatoms. The number of rotatable bonds is 9. The van der Waals surface area contributed by atoms with Gasteiger partial charge in [-0.2, -0.15) is 0 Å². The number of nitrogens with zero attached hydrogens (tertiary/aromatic N) is 1. The zero-order valence-corrected chi connectivity index (χ0v) is 13.3. The summed E-state index contributed by atoms with van der Waals surface area (Å²) in [5.74, 6) is -0.770. The SMILES string of the molecule is CC(C)NC(C)(CCCN(C)CC1CCCO1)C(=O)O. The summed E-state index contributed by atoms with van der Waals surface area (Å²) in [7, 11) is 2.08. The maximum Gasteiger partial charge on any atom is 0.323 e. The number of carboxylic acid groups (broad SMARTS) is 1. The van der Waals surface area contributed by atoms with E-state index in [2.05, 4.69) is 17.3 Å². The fraction of sp³-hybridized carbons (Fsp3) is 0.933. The second-order valence-corrected chi connectivity index (χ2v) is 6.44. The highest BCUT2D eigenvalue weighted by Gasteiger charge is 2.32. The van der Waals surface area contributed by atoms with Crippen LogP contribution < -0.4 is 5.32 Å². The van der Waals surface area contributed by atoms with Crippen LogP contribution in [0.5, 0.6) is 0 Å². The molecule has 0 saturated carbocycles. The Morgan fingerprint density at radius 1 is 1.55 bits per heavy atom. The largest absolute Gasteiger partial charge is 0.480 e. The van der Waals surface area contributed by atoms with Crippen LogP contribution in [-0.2, 0) is 9.53 Å². The summed E-state index contributed by atoms with van der Waals surface area (Å²) in [6.45, 7) is 8.46. The number of carboxylic acids is 1. The van der Waals surface area contributed by atoms with Gasteiger partial charge < -0.3 is 14.7 Å². The first-order chi connectivity index (χ1) is 9.33. The van der Waals surface area contributed by atoms with Gasteiger partial charge in [0, 0.05) is 19.2 Å². The van der Waals surface area contributed by atoms with Gasteiger partial charge in [-0.3, -0.25) is 10.1 Å². The predicted molar refractivity (Wildman–Crippen MR) is 80.0 cm³/mol. The zero-order chi connectivity index (χ0) is 15.2. The van der Waals surface area contributed by atoms with Gasteiger partial charge in [0.15, 0.2) is 0 Å². The van der Waals surface area contributed by atoms with E-state index in [0.29, 0.717) is 12.5 Å². The minimum Gasteiger partial charge on any atom is -0.480 e. The molecule has 2 atom stereocenters. The first-order valence-electron chi connectivity index (χ1n) is 7.65. The molecule has 2 unspecified atom stereocenters. The van der Waals surface area contributed by atoms with Gasteiger partial charge >= 0.3 is 5.97 Å². The molecule has 1 fully saturated rings. The number of ether oxygens (including phenoxy) is 1. The minimum atomic E-state index is -0.834. The monoisotopic (exact) mass is 286 g/mol. The summed E-state index contributed by atoms with van der Waals surface area (Å²) in [6.07, 6.45) is 4.17. The van der Waals surface area contributed by atoms with E-state index >= 15 is 0 Å². The number of aliphatic carboxylic acids is 1. The lowest BCUT2D eigenvalue weighted by atomic mass is 9.94. The van der Waals surface area contributed by atoms with Crippen molar-refractivity contribution in [2.75, 3.05) is 26.7 Å². The molecule has 0 aliphatic carbocycles. The Hall–Kier alpha value is -0.650. The molecule has 1 rings (SSSR count). The van der Waals surface area contributed by atoms with Crippen molar-refractivity contribution in [2.24, 2.45) is 0 Å². The van der Waals surface area contributed by atoms with Crippen molar-refractivity contribution in [1.29, 1.82) is 0 Å². The average molecular weight is 286 g/mol. The molecular weight excluding hydrogens is 256 g/mol. The van der Waals surface area contributed by atoms with Crippen molar-refractivity contribution in [3.63, 3.8) is 0 Å². The molecule has 0 amide bonds. The van der Waals surface area contributed by atoms with Crippen LogP contribution in [0.25, 0.3) is 0 Å². The molecule has 20 heavy (non-hydrogen) atoms. The second kappa shape index (κ2) is 7.96. The van der Waals surface area contributed by atoms with E-state index < -0.39 is 11.5 Å². The number of hydrogen-bond acceptors (Lipinski definition) is 4. The van der Waals surface area contributed by atoms with Crippen molar-refractivity contribution in [2.45, 2.75) is 64.1 Å². The minimum absolute atomic E-state index is 0.167. The van der Waals surface area contributed by atoms with E-state index in [1.54, 1.807) is 6.92 Å². The Bertz CT molecular complexity index is 303. The third-order valence-corrected chi connectivity index (χ3v) is 3.84. The fourth-order valence-electron chi connectivity index (χ4n) is 2.81. The first-order valence-corrected chi connectivity index (χ1v) is 7.65. The van der Waals surface area contributed by atoms with Crippen molar-refractivity contribution < 1.29 is 14.6 Å². The van der Waals surface area contributed by atoms with Crippen LogP contribution in [0.4, 0.5) is 0 Å². The van der Waals surface area contributed by atoms with E-state index in [1.807, 2.05) is 13.8 Å². The third-order valence-electron chi connectivity index (χ3n) is 3.84. The highest BCUT2D eigenvalue weighted by Crippen LogP contribution is 2.16. The maximum atomic E-state index is 11.4. The van der Waals surface area contributed by atoms with Gasteiger partial charge in [-0.1, -0.05) is 0 Å². The van der Waals surface area contributed by atoms with Crippen LogP contribution in [-0.4, -0.2) is 60.4 Å². The van der Waals surface area contributed by atoms with E-state index in [4.69, 9.17) is 4.74 Å². The number of hydrogen-bond donors (Lipinski definition) is 2. The normalized spacial score (nSPS) is 22.4. The molecule has 0 aromatic carbocycles. The van der Waals surface area contributed by atoms with E-state index in [9.17, 15) is 9.90 Å². The first kappa shape index (κ1) is 17.4. The molecule has 1 aliphatic heterocycles. The number of carbonyl (C=O) groups is 1. The second-order valence-electron chi connectivity index (χ2n) is 6.44. The topological polar surface area (TPSA) is 61.8 Å². The molecule has 1 saturated heterocycles. The van der Waals surface area contributed by atoms with E-state index in [1.165, 1.54) is 0 Å². The quantitative estimate of drug-likeness (QED) is 0.676. The van der Waals surface area contributed by atoms with Crippen molar-refractivity contribution in [3.05, 3.63) is 0 Å². The molecule has 1 aliphatic rings. The van der Waals surface area contributed by atoms with Gasteiger partial charge in [-0.15, -0.1) is 0 Å². The van der Waals surface area contributed by atoms with Crippen LogP contribution >= 0.6 is 0 Å². The molecule has 0 bridgehead atoms. The Kier molecular flexibility index (Phi) is 6.92. The van der Waals surface area contributed by atoms with Gasteiger partial charge in [-0.05, 0) is 60.0 Å². The molecule has 0 radical (unpaired) electrons. The molecule has 0 spiro atoms. The van der Waals surface area contributed by atoms with Gasteiger partial charge in [0.1, 0.15) is 5.54 Å². The highest BCUT2D eigenvalue weighted by molar-refractivity contribution is 5.78. The smallest absolute Gasteiger partial charge is 0.323 e. The summed E-state index contributed by atoms with van der Waals surface area (Å²) >= 11 is 0. The number of likely N-dealkylation sites (N-methyl/N-ethyl adjacent to an activating group) is 1. The zero-order valence-electron chi connectivity index (χ0n) is 13.3. The predicted octanol–water partition coefficient (Wildman–Crippen LogP) is 1.72. The summed E-state index contributed by atoms with van der Waals surface area (Å²) in [5, 5.41) is 12.5. The molecule has 0 aromatic rings. The summed E-state index contributed by atoms with van der Waals surface area (Å²) in [5.41, 5.74) is -0.834. The Morgan fingerprint density at radius 2 is 2.25 bits per heavy atom. The van der Waals surface area contributed by atoms with Crippen molar-refractivity contribution in [1.82, 2.24) is 10.2 Å². The molecule has 1 heterocycles. The Balaban J connectivity index is 2.30. The van der Waals surface area contributed by atoms with Gasteiger partial charge in [0.25, 0.3) is 0 Å². The Morgan fingerprint density at radius 3 is 2.75 bits per heavy atom. The van der Waals surface area contributed by atoms with Gasteiger partial charge in [0.2, 0.25) is 0 Å².